The van der Waals surface area contributed by atoms with Crippen LogP contribution in [0.2, 0.25) is 0 Å². The van der Waals surface area contributed by atoms with Gasteiger partial charge in [0, 0.05) is 32.2 Å². The minimum atomic E-state index is -3.82. The lowest BCUT2D eigenvalue weighted by atomic mass is 10.1. The number of sulfonamides is 1. The zero-order chi connectivity index (χ0) is 24.6. The van der Waals surface area contributed by atoms with E-state index in [0.717, 1.165) is 4.90 Å². The zero-order valence-corrected chi connectivity index (χ0v) is 19.9. The van der Waals surface area contributed by atoms with E-state index in [2.05, 4.69) is 0 Å². The molecule has 10 nitrogen and oxygen atoms in total. The largest absolute Gasteiger partial charge is 0.493 e. The van der Waals surface area contributed by atoms with Crippen molar-refractivity contribution in [3.05, 3.63) is 53.6 Å². The molecule has 0 aromatic heterocycles. The van der Waals surface area contributed by atoms with Gasteiger partial charge in [-0.3, -0.25) is 19.3 Å². The van der Waals surface area contributed by atoms with E-state index in [0.29, 0.717) is 11.5 Å². The molecule has 1 saturated heterocycles. The predicted molar refractivity (Wildman–Crippen MR) is 121 cm³/mol. The molecule has 2 aliphatic heterocycles. The van der Waals surface area contributed by atoms with Gasteiger partial charge in [-0.1, -0.05) is 12.1 Å². The molecule has 1 fully saturated rings. The van der Waals surface area contributed by atoms with E-state index in [-0.39, 0.29) is 42.2 Å². The molecule has 0 saturated carbocycles. The summed E-state index contributed by atoms with van der Waals surface area (Å²) >= 11 is 0. The van der Waals surface area contributed by atoms with Gasteiger partial charge in [-0.15, -0.1) is 0 Å². The summed E-state index contributed by atoms with van der Waals surface area (Å²) in [5.74, 6) is -0.698. The minimum Gasteiger partial charge on any atom is -0.493 e. The van der Waals surface area contributed by atoms with Gasteiger partial charge in [0.1, 0.15) is 6.04 Å². The molecule has 34 heavy (non-hydrogen) atoms. The van der Waals surface area contributed by atoms with Crippen molar-refractivity contribution in [3.63, 3.8) is 0 Å². The molecule has 0 spiro atoms. The van der Waals surface area contributed by atoms with E-state index in [1.807, 2.05) is 0 Å². The van der Waals surface area contributed by atoms with Crippen LogP contribution in [0.15, 0.2) is 47.4 Å². The van der Waals surface area contributed by atoms with Gasteiger partial charge in [-0.05, 0) is 31.2 Å². The van der Waals surface area contributed by atoms with Gasteiger partial charge in [0.25, 0.3) is 11.8 Å². The van der Waals surface area contributed by atoms with Crippen LogP contribution in [0.4, 0.5) is 0 Å². The van der Waals surface area contributed by atoms with Crippen molar-refractivity contribution in [1.29, 1.82) is 0 Å². The molecule has 1 atom stereocenters. The Hall–Kier alpha value is -3.44. The third-order valence-electron chi connectivity index (χ3n) is 6.11. The summed E-state index contributed by atoms with van der Waals surface area (Å²) in [5, 5.41) is 0. The quantitative estimate of drug-likeness (QED) is 0.563. The third-order valence-corrected chi connectivity index (χ3v) is 8.01. The van der Waals surface area contributed by atoms with Crippen LogP contribution in [0.1, 0.15) is 27.6 Å². The van der Waals surface area contributed by atoms with Crippen LogP contribution in [0, 0.1) is 0 Å². The predicted octanol–water partition coefficient (Wildman–Crippen LogP) is 1.22. The molecular weight excluding hydrogens is 462 g/mol. The molecular formula is C23H25N3O7S. The van der Waals surface area contributed by atoms with E-state index >= 15 is 0 Å². The number of hydrogen-bond donors (Lipinski definition) is 0. The van der Waals surface area contributed by atoms with Crippen LogP contribution >= 0.6 is 0 Å². The molecule has 2 heterocycles. The zero-order valence-electron chi connectivity index (χ0n) is 19.1. The number of rotatable bonds is 6. The topological polar surface area (TPSA) is 114 Å². The Morgan fingerprint density at radius 1 is 0.882 bits per heavy atom. The lowest BCUT2D eigenvalue weighted by Crippen LogP contribution is -2.55. The summed E-state index contributed by atoms with van der Waals surface area (Å²) in [7, 11) is -0.929. The summed E-state index contributed by atoms with van der Waals surface area (Å²) in [4.78, 5) is 41.0. The Morgan fingerprint density at radius 3 is 1.97 bits per heavy atom. The Kier molecular flexibility index (Phi) is 6.32. The van der Waals surface area contributed by atoms with Gasteiger partial charge >= 0.3 is 0 Å². The maximum Gasteiger partial charge on any atom is 0.262 e. The summed E-state index contributed by atoms with van der Waals surface area (Å²) in [6.07, 6.45) is 0. The fraction of sp³-hybridized carbons (Fsp3) is 0.348. The highest BCUT2D eigenvalue weighted by Crippen LogP contribution is 2.31. The third kappa shape index (κ3) is 3.90. The van der Waals surface area contributed by atoms with Gasteiger partial charge < -0.3 is 14.4 Å². The summed E-state index contributed by atoms with van der Waals surface area (Å²) in [6.45, 7) is 1.95. The second kappa shape index (κ2) is 9.07. The van der Waals surface area contributed by atoms with E-state index in [1.54, 1.807) is 24.3 Å². The first-order chi connectivity index (χ1) is 16.2. The lowest BCUT2D eigenvalue weighted by molar-refractivity contribution is -0.136. The number of hydrogen-bond acceptors (Lipinski definition) is 7. The maximum atomic E-state index is 13.1. The van der Waals surface area contributed by atoms with Gasteiger partial charge in [0.15, 0.2) is 11.5 Å². The number of benzene rings is 2. The average Bonchev–Trinajstić information content (AvgIpc) is 3.12. The molecule has 0 N–H and O–H groups in total. The number of ether oxygens (including phenoxy) is 2. The smallest absolute Gasteiger partial charge is 0.262 e. The average molecular weight is 488 g/mol. The van der Waals surface area contributed by atoms with Crippen molar-refractivity contribution in [2.45, 2.75) is 17.9 Å². The second-order valence-corrected chi connectivity index (χ2v) is 9.89. The summed E-state index contributed by atoms with van der Waals surface area (Å²) in [5.41, 5.74) is 0.552. The highest BCUT2D eigenvalue weighted by atomic mass is 32.2. The fourth-order valence-electron chi connectivity index (χ4n) is 4.21. The first kappa shape index (κ1) is 23.7. The van der Waals surface area contributed by atoms with Gasteiger partial charge in [-0.25, -0.2) is 8.42 Å². The molecule has 3 amide bonds. The fourth-order valence-corrected chi connectivity index (χ4v) is 5.65. The van der Waals surface area contributed by atoms with Crippen molar-refractivity contribution in [1.82, 2.24) is 14.1 Å². The van der Waals surface area contributed by atoms with Crippen LogP contribution in [-0.4, -0.2) is 86.7 Å². The molecule has 4 rings (SSSR count). The van der Waals surface area contributed by atoms with E-state index in [9.17, 15) is 22.8 Å². The Labute approximate surface area is 197 Å². The van der Waals surface area contributed by atoms with Crippen LogP contribution < -0.4 is 9.47 Å². The van der Waals surface area contributed by atoms with Crippen LogP contribution in [0.3, 0.4) is 0 Å². The molecule has 1 unspecified atom stereocenters. The monoisotopic (exact) mass is 487 g/mol. The van der Waals surface area contributed by atoms with Gasteiger partial charge in [0.2, 0.25) is 15.9 Å². The summed E-state index contributed by atoms with van der Waals surface area (Å²) < 4.78 is 37.9. The number of carbonyl (C=O) groups excluding carboxylic acids is 3. The molecule has 2 aliphatic rings. The standard InChI is InChI=1S/C23H25N3O7S/c1-15(26-22(28)17-6-4-5-7-18(17)23(26)29)21(27)24-10-12-25(13-11-24)34(30,31)16-8-9-19(32-2)20(14-16)33-3/h4-9,14-15H,10-13H2,1-3H3. The molecule has 2 aromatic rings. The van der Waals surface area contributed by atoms with Gasteiger partial charge in [0.05, 0.1) is 30.2 Å². The van der Waals surface area contributed by atoms with Crippen molar-refractivity contribution in [2.24, 2.45) is 0 Å². The van der Waals surface area contributed by atoms with Crippen LogP contribution in [0.5, 0.6) is 11.5 Å². The molecule has 0 aliphatic carbocycles. The van der Waals surface area contributed by atoms with E-state index in [4.69, 9.17) is 9.47 Å². The highest BCUT2D eigenvalue weighted by Gasteiger charge is 2.42. The molecule has 0 bridgehead atoms. The molecule has 11 heteroatoms. The maximum absolute atomic E-state index is 13.1. The second-order valence-electron chi connectivity index (χ2n) is 7.95. The number of amides is 3. The molecule has 2 aromatic carbocycles. The number of piperazine rings is 1. The number of methoxy groups -OCH3 is 2. The Morgan fingerprint density at radius 2 is 1.44 bits per heavy atom. The molecule has 0 radical (unpaired) electrons. The van der Waals surface area contributed by atoms with Crippen molar-refractivity contribution >= 4 is 27.7 Å². The van der Waals surface area contributed by atoms with E-state index < -0.39 is 33.8 Å². The first-order valence-electron chi connectivity index (χ1n) is 10.7. The normalized spacial score (nSPS) is 17.5. The van der Waals surface area contributed by atoms with Crippen LogP contribution in [-0.2, 0) is 14.8 Å². The number of carbonyl (C=O) groups is 3. The lowest BCUT2D eigenvalue weighted by Gasteiger charge is -2.36. The van der Waals surface area contributed by atoms with Crippen molar-refractivity contribution < 1.29 is 32.3 Å². The van der Waals surface area contributed by atoms with Crippen molar-refractivity contribution in [2.75, 3.05) is 40.4 Å². The highest BCUT2D eigenvalue weighted by molar-refractivity contribution is 7.89. The Bertz CT molecular complexity index is 1220. The Balaban J connectivity index is 1.44. The number of nitrogens with zero attached hydrogens (tertiary/aromatic N) is 3. The number of imide groups is 1. The van der Waals surface area contributed by atoms with Gasteiger partial charge in [-0.2, -0.15) is 4.31 Å². The SMILES string of the molecule is COc1ccc(S(=O)(=O)N2CCN(C(=O)C(C)N3C(=O)c4ccccc4C3=O)CC2)cc1OC. The molecule has 180 valence electrons. The number of fused-ring (bicyclic) bond motifs is 1. The minimum absolute atomic E-state index is 0.0596. The van der Waals surface area contributed by atoms with Crippen molar-refractivity contribution in [3.8, 4) is 11.5 Å². The first-order valence-corrected chi connectivity index (χ1v) is 12.1. The summed E-state index contributed by atoms with van der Waals surface area (Å²) in [6, 6.07) is 9.82. The van der Waals surface area contributed by atoms with E-state index in [1.165, 1.54) is 48.5 Å². The van der Waals surface area contributed by atoms with Crippen LogP contribution in [0.25, 0.3) is 0 Å².